The van der Waals surface area contributed by atoms with Crippen molar-refractivity contribution in [2.24, 2.45) is 0 Å². The summed E-state index contributed by atoms with van der Waals surface area (Å²) in [5, 5.41) is 0. The van der Waals surface area contributed by atoms with Crippen LogP contribution >= 0.6 is 0 Å². The molecule has 0 spiro atoms. The Bertz CT molecular complexity index is 401. The van der Waals surface area contributed by atoms with E-state index < -0.39 is 0 Å². The number of hydrogen-bond donors (Lipinski definition) is 0. The molecule has 0 aliphatic rings. The third-order valence-electron chi connectivity index (χ3n) is 2.42. The quantitative estimate of drug-likeness (QED) is 0.662. The highest BCUT2D eigenvalue weighted by Crippen LogP contribution is 2.23. The van der Waals surface area contributed by atoms with Crippen LogP contribution in [0.2, 0.25) is 0 Å². The van der Waals surface area contributed by atoms with Gasteiger partial charge in [-0.15, -0.1) is 0 Å². The van der Waals surface area contributed by atoms with Crippen LogP contribution in [0.4, 0.5) is 0 Å². The predicted molar refractivity (Wildman–Crippen MR) is 60.1 cm³/mol. The van der Waals surface area contributed by atoms with E-state index in [-0.39, 0.29) is 0 Å². The minimum atomic E-state index is 1.06. The molecule has 0 bridgehead atoms. The van der Waals surface area contributed by atoms with Gasteiger partial charge in [-0.2, -0.15) is 0 Å². The van der Waals surface area contributed by atoms with E-state index in [1.165, 1.54) is 16.7 Å². The van der Waals surface area contributed by atoms with Gasteiger partial charge in [0.25, 0.3) is 0 Å². The van der Waals surface area contributed by atoms with Gasteiger partial charge in [0.2, 0.25) is 0 Å². The average molecular weight is 181 g/mol. The molecular weight excluding hydrogens is 168 g/mol. The molecule has 0 unspecified atom stereocenters. The molecule has 0 saturated carbocycles. The van der Waals surface area contributed by atoms with Gasteiger partial charge in [0.15, 0.2) is 0 Å². The monoisotopic (exact) mass is 181 g/mol. The molecule has 69 valence electrons. The van der Waals surface area contributed by atoms with Crippen molar-refractivity contribution in [3.05, 3.63) is 60.2 Å². The van der Waals surface area contributed by atoms with E-state index in [0.717, 1.165) is 6.42 Å². The summed E-state index contributed by atoms with van der Waals surface area (Å²) in [6.07, 6.45) is 1.06. The smallest absolute Gasteiger partial charge is 0.0152 e. The SMILES string of the molecule is CCc1c[c]ccc1-c1ccccc1. The molecule has 2 rings (SSSR count). The molecule has 2 aromatic rings. The first kappa shape index (κ1) is 9.01. The number of rotatable bonds is 2. The summed E-state index contributed by atoms with van der Waals surface area (Å²) in [4.78, 5) is 0. The number of hydrogen-bond acceptors (Lipinski definition) is 0. The fourth-order valence-corrected chi connectivity index (χ4v) is 1.66. The normalized spacial score (nSPS) is 10.1. The Kier molecular flexibility index (Phi) is 2.64. The van der Waals surface area contributed by atoms with Crippen LogP contribution in [-0.4, -0.2) is 0 Å². The predicted octanol–water partition coefficient (Wildman–Crippen LogP) is 3.72. The molecule has 0 fully saturated rings. The van der Waals surface area contributed by atoms with E-state index in [4.69, 9.17) is 0 Å². The molecule has 0 amide bonds. The van der Waals surface area contributed by atoms with Gasteiger partial charge < -0.3 is 0 Å². The first-order valence-electron chi connectivity index (χ1n) is 4.96. The fraction of sp³-hybridized carbons (Fsp3) is 0.143. The van der Waals surface area contributed by atoms with Gasteiger partial charge in [0.1, 0.15) is 0 Å². The molecule has 0 heterocycles. The molecule has 0 aliphatic heterocycles. The molecule has 0 atom stereocenters. The maximum absolute atomic E-state index is 3.12. The largest absolute Gasteiger partial charge is 0.0622 e. The van der Waals surface area contributed by atoms with E-state index in [2.05, 4.69) is 49.4 Å². The molecule has 0 N–H and O–H groups in total. The number of benzene rings is 2. The van der Waals surface area contributed by atoms with Crippen LogP contribution in [-0.2, 0) is 6.42 Å². The highest BCUT2D eigenvalue weighted by Gasteiger charge is 2.00. The van der Waals surface area contributed by atoms with Gasteiger partial charge in [-0.3, -0.25) is 0 Å². The van der Waals surface area contributed by atoms with Crippen molar-refractivity contribution < 1.29 is 0 Å². The van der Waals surface area contributed by atoms with Crippen LogP contribution in [0.3, 0.4) is 0 Å². The second kappa shape index (κ2) is 4.10. The van der Waals surface area contributed by atoms with Crippen LogP contribution in [0.1, 0.15) is 12.5 Å². The maximum Gasteiger partial charge on any atom is -0.0152 e. The van der Waals surface area contributed by atoms with E-state index in [1.807, 2.05) is 12.1 Å². The zero-order valence-corrected chi connectivity index (χ0v) is 8.33. The Morgan fingerprint density at radius 2 is 1.86 bits per heavy atom. The standard InChI is InChI=1S/C14H13/c1-2-12-8-6-7-11-14(12)13-9-4-3-5-10-13/h3-5,7-11H,2H2,1H3. The summed E-state index contributed by atoms with van der Waals surface area (Å²) < 4.78 is 0. The van der Waals surface area contributed by atoms with Crippen molar-refractivity contribution in [1.82, 2.24) is 0 Å². The fourth-order valence-electron chi connectivity index (χ4n) is 1.66. The van der Waals surface area contributed by atoms with Crippen molar-refractivity contribution in [2.45, 2.75) is 13.3 Å². The average Bonchev–Trinajstić information content (AvgIpc) is 2.30. The third-order valence-corrected chi connectivity index (χ3v) is 2.42. The lowest BCUT2D eigenvalue weighted by molar-refractivity contribution is 1.14. The van der Waals surface area contributed by atoms with E-state index in [9.17, 15) is 0 Å². The highest BCUT2D eigenvalue weighted by molar-refractivity contribution is 5.66. The summed E-state index contributed by atoms with van der Waals surface area (Å²) in [6, 6.07) is 19.8. The molecule has 0 aliphatic carbocycles. The molecule has 0 heteroatoms. The van der Waals surface area contributed by atoms with Gasteiger partial charge in [0.05, 0.1) is 0 Å². The molecule has 2 aromatic carbocycles. The van der Waals surface area contributed by atoms with Crippen LogP contribution in [0, 0.1) is 6.07 Å². The van der Waals surface area contributed by atoms with Gasteiger partial charge >= 0.3 is 0 Å². The Labute approximate surface area is 85.2 Å². The van der Waals surface area contributed by atoms with Crippen LogP contribution in [0.15, 0.2) is 48.5 Å². The van der Waals surface area contributed by atoms with Crippen molar-refractivity contribution in [3.8, 4) is 11.1 Å². The highest BCUT2D eigenvalue weighted by atomic mass is 14.0. The maximum atomic E-state index is 3.12. The van der Waals surface area contributed by atoms with Crippen molar-refractivity contribution in [1.29, 1.82) is 0 Å². The van der Waals surface area contributed by atoms with Gasteiger partial charge in [0, 0.05) is 0 Å². The summed E-state index contributed by atoms with van der Waals surface area (Å²) >= 11 is 0. The van der Waals surface area contributed by atoms with Crippen molar-refractivity contribution in [2.75, 3.05) is 0 Å². The first-order valence-corrected chi connectivity index (χ1v) is 4.96. The zero-order chi connectivity index (χ0) is 9.80. The Hall–Kier alpha value is -1.56. The van der Waals surface area contributed by atoms with E-state index in [1.54, 1.807) is 0 Å². The minimum Gasteiger partial charge on any atom is -0.0622 e. The lowest BCUT2D eigenvalue weighted by Crippen LogP contribution is -1.86. The minimum absolute atomic E-state index is 1.06. The Morgan fingerprint density at radius 3 is 2.57 bits per heavy atom. The summed E-state index contributed by atoms with van der Waals surface area (Å²) in [5.74, 6) is 0. The van der Waals surface area contributed by atoms with E-state index >= 15 is 0 Å². The topological polar surface area (TPSA) is 0 Å². The third kappa shape index (κ3) is 1.69. The van der Waals surface area contributed by atoms with Gasteiger partial charge in [-0.25, -0.2) is 0 Å². The van der Waals surface area contributed by atoms with E-state index in [0.29, 0.717) is 0 Å². The molecular formula is C14H13. The number of aryl methyl sites for hydroxylation is 1. The summed E-state index contributed by atoms with van der Waals surface area (Å²) in [5.41, 5.74) is 3.98. The second-order valence-corrected chi connectivity index (χ2v) is 3.30. The summed E-state index contributed by atoms with van der Waals surface area (Å²) in [7, 11) is 0. The summed E-state index contributed by atoms with van der Waals surface area (Å²) in [6.45, 7) is 2.18. The molecule has 0 saturated heterocycles. The first-order chi connectivity index (χ1) is 6.92. The Balaban J connectivity index is 2.51. The molecule has 0 nitrogen and oxygen atoms in total. The van der Waals surface area contributed by atoms with Crippen LogP contribution in [0.5, 0.6) is 0 Å². The Morgan fingerprint density at radius 1 is 1.07 bits per heavy atom. The molecule has 14 heavy (non-hydrogen) atoms. The lowest BCUT2D eigenvalue weighted by Gasteiger charge is -2.06. The van der Waals surface area contributed by atoms with Crippen molar-refractivity contribution >= 4 is 0 Å². The van der Waals surface area contributed by atoms with Gasteiger partial charge in [-0.05, 0) is 29.2 Å². The van der Waals surface area contributed by atoms with Crippen molar-refractivity contribution in [3.63, 3.8) is 0 Å². The zero-order valence-electron chi connectivity index (χ0n) is 8.33. The lowest BCUT2D eigenvalue weighted by atomic mass is 9.98. The van der Waals surface area contributed by atoms with Crippen LogP contribution in [0.25, 0.3) is 11.1 Å². The van der Waals surface area contributed by atoms with Crippen LogP contribution < -0.4 is 0 Å². The molecule has 1 radical (unpaired) electrons. The second-order valence-electron chi connectivity index (χ2n) is 3.30. The van der Waals surface area contributed by atoms with Gasteiger partial charge in [-0.1, -0.05) is 55.5 Å². The molecule has 0 aromatic heterocycles.